The Balaban J connectivity index is 3.02. The zero-order valence-electron chi connectivity index (χ0n) is 10.7. The van der Waals surface area contributed by atoms with Crippen LogP contribution in [-0.2, 0) is 0 Å². The number of nitro groups is 1. The van der Waals surface area contributed by atoms with Crippen molar-refractivity contribution in [2.45, 2.75) is 18.7 Å². The van der Waals surface area contributed by atoms with Gasteiger partial charge in [-0.05, 0) is 19.1 Å². The maximum Gasteiger partial charge on any atom is 0.418 e. The second kappa shape index (κ2) is 5.53. The predicted molar refractivity (Wildman–Crippen MR) is 64.8 cm³/mol. The van der Waals surface area contributed by atoms with Crippen molar-refractivity contribution in [1.82, 2.24) is 0 Å². The Bertz CT molecular complexity index is 503. The van der Waals surface area contributed by atoms with Gasteiger partial charge in [0.1, 0.15) is 5.69 Å². The van der Waals surface area contributed by atoms with E-state index in [0.29, 0.717) is 6.92 Å². The Labute approximate surface area is 112 Å². The average molecular weight is 294 g/mol. The van der Waals surface area contributed by atoms with Gasteiger partial charge in [0.15, 0.2) is 11.4 Å². The summed E-state index contributed by atoms with van der Waals surface area (Å²) in [7, 11) is 1.21. The molecular weight excluding hydrogens is 281 g/mol. The fourth-order valence-corrected chi connectivity index (χ4v) is 1.39. The SMILES string of the molecule is COc1cccc(NC[C@@](C)(O)C(F)(F)F)c1[N+](=O)[O-]. The summed E-state index contributed by atoms with van der Waals surface area (Å²) in [5.74, 6) is -0.0911. The standard InChI is InChI=1S/C11H13F3N2O4/c1-10(17,11(12,13)14)6-15-7-4-3-5-8(20-2)9(7)16(18)19/h3-5,15,17H,6H2,1-2H3/t10-/m1/s1. The van der Waals surface area contributed by atoms with Crippen LogP contribution in [0.1, 0.15) is 6.92 Å². The number of rotatable bonds is 5. The monoisotopic (exact) mass is 294 g/mol. The van der Waals surface area contributed by atoms with Crippen molar-refractivity contribution in [1.29, 1.82) is 0 Å². The predicted octanol–water partition coefficient (Wildman–Crippen LogP) is 2.33. The van der Waals surface area contributed by atoms with Crippen molar-refractivity contribution in [2.24, 2.45) is 0 Å². The van der Waals surface area contributed by atoms with E-state index >= 15 is 0 Å². The summed E-state index contributed by atoms with van der Waals surface area (Å²) >= 11 is 0. The van der Waals surface area contributed by atoms with Gasteiger partial charge in [-0.3, -0.25) is 10.1 Å². The van der Waals surface area contributed by atoms with Gasteiger partial charge in [-0.1, -0.05) is 6.07 Å². The zero-order chi connectivity index (χ0) is 15.6. The van der Waals surface area contributed by atoms with E-state index in [9.17, 15) is 28.4 Å². The Morgan fingerprint density at radius 2 is 2.05 bits per heavy atom. The van der Waals surface area contributed by atoms with Gasteiger partial charge in [-0.15, -0.1) is 0 Å². The van der Waals surface area contributed by atoms with E-state index in [4.69, 9.17) is 4.74 Å². The first-order valence-corrected chi connectivity index (χ1v) is 5.44. The third-order valence-electron chi connectivity index (χ3n) is 2.64. The van der Waals surface area contributed by atoms with E-state index < -0.39 is 28.9 Å². The molecule has 0 spiro atoms. The number of nitrogens with one attached hydrogen (secondary N) is 1. The van der Waals surface area contributed by atoms with Crippen LogP contribution in [0.3, 0.4) is 0 Å². The number of hydrogen-bond acceptors (Lipinski definition) is 5. The molecule has 0 saturated heterocycles. The number of methoxy groups -OCH3 is 1. The molecule has 1 aromatic rings. The van der Waals surface area contributed by atoms with Crippen LogP contribution in [0, 0.1) is 10.1 Å². The molecule has 0 bridgehead atoms. The van der Waals surface area contributed by atoms with Crippen molar-refractivity contribution < 1.29 is 27.9 Å². The number of halogens is 3. The smallest absolute Gasteiger partial charge is 0.418 e. The summed E-state index contributed by atoms with van der Waals surface area (Å²) in [6.07, 6.45) is -4.85. The highest BCUT2D eigenvalue weighted by molar-refractivity contribution is 5.68. The molecule has 0 aliphatic heterocycles. The molecular formula is C11H13F3N2O4. The number of ether oxygens (including phenoxy) is 1. The lowest BCUT2D eigenvalue weighted by molar-refractivity contribution is -0.384. The van der Waals surface area contributed by atoms with Crippen molar-refractivity contribution >= 4 is 11.4 Å². The third-order valence-corrected chi connectivity index (χ3v) is 2.64. The maximum atomic E-state index is 12.5. The maximum absolute atomic E-state index is 12.5. The van der Waals surface area contributed by atoms with Gasteiger partial charge in [0.2, 0.25) is 0 Å². The minimum absolute atomic E-state index is 0.0911. The van der Waals surface area contributed by atoms with E-state index in [-0.39, 0.29) is 11.4 Å². The zero-order valence-corrected chi connectivity index (χ0v) is 10.7. The number of nitrogens with zero attached hydrogens (tertiary/aromatic N) is 1. The van der Waals surface area contributed by atoms with Gasteiger partial charge in [0, 0.05) is 0 Å². The van der Waals surface area contributed by atoms with Gasteiger partial charge < -0.3 is 15.2 Å². The first-order valence-electron chi connectivity index (χ1n) is 5.44. The molecule has 1 atom stereocenters. The second-order valence-corrected chi connectivity index (χ2v) is 4.24. The number of para-hydroxylation sites is 1. The van der Waals surface area contributed by atoms with Crippen LogP contribution in [0.2, 0.25) is 0 Å². The molecule has 0 unspecified atom stereocenters. The van der Waals surface area contributed by atoms with Crippen LogP contribution in [0.15, 0.2) is 18.2 Å². The molecule has 112 valence electrons. The van der Waals surface area contributed by atoms with Gasteiger partial charge in [-0.25, -0.2) is 0 Å². The largest absolute Gasteiger partial charge is 0.490 e. The van der Waals surface area contributed by atoms with E-state index in [2.05, 4.69) is 5.32 Å². The lowest BCUT2D eigenvalue weighted by atomic mass is 10.1. The van der Waals surface area contributed by atoms with Crippen molar-refractivity contribution in [2.75, 3.05) is 19.0 Å². The highest BCUT2D eigenvalue weighted by Crippen LogP contribution is 2.36. The highest BCUT2D eigenvalue weighted by Gasteiger charge is 2.49. The molecule has 0 amide bonds. The number of nitro benzene ring substituents is 1. The lowest BCUT2D eigenvalue weighted by Crippen LogP contribution is -2.47. The summed E-state index contributed by atoms with van der Waals surface area (Å²) in [4.78, 5) is 10.1. The van der Waals surface area contributed by atoms with E-state index in [1.165, 1.54) is 25.3 Å². The molecule has 0 fully saturated rings. The molecule has 1 rings (SSSR count). The molecule has 0 aromatic heterocycles. The molecule has 0 heterocycles. The molecule has 20 heavy (non-hydrogen) atoms. The van der Waals surface area contributed by atoms with Crippen LogP contribution >= 0.6 is 0 Å². The summed E-state index contributed by atoms with van der Waals surface area (Å²) in [5, 5.41) is 22.4. The first kappa shape index (κ1) is 16.0. The number of anilines is 1. The van der Waals surface area contributed by atoms with Crippen molar-refractivity contribution in [3.05, 3.63) is 28.3 Å². The van der Waals surface area contributed by atoms with Gasteiger partial charge in [0.25, 0.3) is 0 Å². The minimum atomic E-state index is -4.85. The Morgan fingerprint density at radius 3 is 2.50 bits per heavy atom. The van der Waals surface area contributed by atoms with Gasteiger partial charge in [-0.2, -0.15) is 13.2 Å². The molecule has 2 N–H and O–H groups in total. The molecule has 1 aromatic carbocycles. The number of alkyl halides is 3. The van der Waals surface area contributed by atoms with Crippen LogP contribution in [0.25, 0.3) is 0 Å². The van der Waals surface area contributed by atoms with E-state index in [1.54, 1.807) is 0 Å². The Hall–Kier alpha value is -2.03. The normalized spacial score (nSPS) is 14.5. The topological polar surface area (TPSA) is 84.6 Å². The quantitative estimate of drug-likeness (QED) is 0.643. The van der Waals surface area contributed by atoms with Crippen LogP contribution in [0.4, 0.5) is 24.5 Å². The molecule has 0 aliphatic carbocycles. The molecule has 0 saturated carbocycles. The molecule has 9 heteroatoms. The van der Waals surface area contributed by atoms with Crippen LogP contribution in [-0.4, -0.2) is 35.5 Å². The number of benzene rings is 1. The number of aliphatic hydroxyl groups is 1. The summed E-state index contributed by atoms with van der Waals surface area (Å²) in [5.41, 5.74) is -3.67. The lowest BCUT2D eigenvalue weighted by Gasteiger charge is -2.26. The Morgan fingerprint density at radius 1 is 1.45 bits per heavy atom. The summed E-state index contributed by atoms with van der Waals surface area (Å²) in [6, 6.07) is 3.93. The van der Waals surface area contributed by atoms with E-state index in [1.807, 2.05) is 0 Å². The molecule has 0 radical (unpaired) electrons. The molecule has 6 nitrogen and oxygen atoms in total. The van der Waals surface area contributed by atoms with Crippen molar-refractivity contribution in [3.8, 4) is 5.75 Å². The second-order valence-electron chi connectivity index (χ2n) is 4.24. The fourth-order valence-electron chi connectivity index (χ4n) is 1.39. The highest BCUT2D eigenvalue weighted by atomic mass is 19.4. The average Bonchev–Trinajstić information content (AvgIpc) is 2.34. The minimum Gasteiger partial charge on any atom is -0.490 e. The molecule has 0 aliphatic rings. The van der Waals surface area contributed by atoms with Gasteiger partial charge >= 0.3 is 11.9 Å². The number of hydrogen-bond donors (Lipinski definition) is 2. The Kier molecular flexibility index (Phi) is 4.43. The van der Waals surface area contributed by atoms with Crippen LogP contribution < -0.4 is 10.1 Å². The first-order chi connectivity index (χ1) is 9.10. The third kappa shape index (κ3) is 3.29. The summed E-state index contributed by atoms with van der Waals surface area (Å²) < 4.78 is 42.3. The summed E-state index contributed by atoms with van der Waals surface area (Å²) in [6.45, 7) is -0.351. The van der Waals surface area contributed by atoms with Gasteiger partial charge in [0.05, 0.1) is 18.6 Å². The van der Waals surface area contributed by atoms with Crippen molar-refractivity contribution in [3.63, 3.8) is 0 Å². The van der Waals surface area contributed by atoms with E-state index in [0.717, 1.165) is 0 Å². The van der Waals surface area contributed by atoms with Crippen LogP contribution in [0.5, 0.6) is 5.75 Å². The fraction of sp³-hybridized carbons (Fsp3) is 0.455.